The number of hydrogen-bond donors (Lipinski definition) is 1. The van der Waals surface area contributed by atoms with E-state index in [1.54, 1.807) is 24.7 Å². The van der Waals surface area contributed by atoms with Gasteiger partial charge in [-0.2, -0.15) is 5.10 Å². The standard InChI is InChI=1S/C12H8FN3/c13-11-2-1-8-3-9(5-14-12(8)4-11)10-6-15-16-7-10/h1-7H,(H,15,16). The highest BCUT2D eigenvalue weighted by Crippen LogP contribution is 2.21. The highest BCUT2D eigenvalue weighted by atomic mass is 19.1. The minimum atomic E-state index is -0.268. The Hall–Kier alpha value is -2.23. The largest absolute Gasteiger partial charge is 0.285 e. The third-order valence-corrected chi connectivity index (χ3v) is 2.48. The average Bonchev–Trinajstić information content (AvgIpc) is 2.82. The summed E-state index contributed by atoms with van der Waals surface area (Å²) in [6, 6.07) is 6.55. The summed E-state index contributed by atoms with van der Waals surface area (Å²) in [6.07, 6.45) is 5.24. The molecule has 0 amide bonds. The fourth-order valence-electron chi connectivity index (χ4n) is 1.66. The topological polar surface area (TPSA) is 41.6 Å². The lowest BCUT2D eigenvalue weighted by Gasteiger charge is -2.00. The van der Waals surface area contributed by atoms with Gasteiger partial charge < -0.3 is 0 Å². The first-order valence-electron chi connectivity index (χ1n) is 4.87. The summed E-state index contributed by atoms with van der Waals surface area (Å²) >= 11 is 0. The van der Waals surface area contributed by atoms with Crippen LogP contribution in [0.25, 0.3) is 22.0 Å². The van der Waals surface area contributed by atoms with E-state index in [2.05, 4.69) is 15.2 Å². The number of pyridine rings is 1. The molecule has 3 nitrogen and oxygen atoms in total. The van der Waals surface area contributed by atoms with Gasteiger partial charge in [0.2, 0.25) is 0 Å². The lowest BCUT2D eigenvalue weighted by Crippen LogP contribution is -1.83. The van der Waals surface area contributed by atoms with Crippen LogP contribution >= 0.6 is 0 Å². The Bertz CT molecular complexity index is 632. The van der Waals surface area contributed by atoms with Gasteiger partial charge >= 0.3 is 0 Å². The molecule has 0 aliphatic heterocycles. The van der Waals surface area contributed by atoms with Crippen LogP contribution < -0.4 is 0 Å². The number of nitrogens with one attached hydrogen (secondary N) is 1. The second-order valence-corrected chi connectivity index (χ2v) is 3.55. The van der Waals surface area contributed by atoms with Crippen molar-refractivity contribution in [3.05, 3.63) is 48.7 Å². The van der Waals surface area contributed by atoms with Gasteiger partial charge in [0.15, 0.2) is 0 Å². The van der Waals surface area contributed by atoms with E-state index in [0.717, 1.165) is 16.5 Å². The van der Waals surface area contributed by atoms with Crippen LogP contribution in [-0.2, 0) is 0 Å². The fourth-order valence-corrected chi connectivity index (χ4v) is 1.66. The number of fused-ring (bicyclic) bond motifs is 1. The second-order valence-electron chi connectivity index (χ2n) is 3.55. The molecule has 78 valence electrons. The van der Waals surface area contributed by atoms with Crippen molar-refractivity contribution >= 4 is 10.9 Å². The van der Waals surface area contributed by atoms with E-state index < -0.39 is 0 Å². The quantitative estimate of drug-likeness (QED) is 0.675. The molecule has 1 N–H and O–H groups in total. The Morgan fingerprint density at radius 3 is 2.81 bits per heavy atom. The van der Waals surface area contributed by atoms with E-state index in [9.17, 15) is 4.39 Å². The maximum absolute atomic E-state index is 13.0. The van der Waals surface area contributed by atoms with E-state index in [1.807, 2.05) is 6.07 Å². The molecule has 0 radical (unpaired) electrons. The van der Waals surface area contributed by atoms with Crippen molar-refractivity contribution in [1.82, 2.24) is 15.2 Å². The van der Waals surface area contributed by atoms with Gasteiger partial charge in [-0.3, -0.25) is 10.1 Å². The molecule has 2 heterocycles. The number of aromatic nitrogens is 3. The van der Waals surface area contributed by atoms with Crippen molar-refractivity contribution in [2.45, 2.75) is 0 Å². The number of halogens is 1. The predicted octanol–water partition coefficient (Wildman–Crippen LogP) is 2.76. The van der Waals surface area contributed by atoms with Crippen molar-refractivity contribution < 1.29 is 4.39 Å². The van der Waals surface area contributed by atoms with Crippen LogP contribution in [-0.4, -0.2) is 15.2 Å². The number of aromatic amines is 1. The Balaban J connectivity index is 2.20. The maximum Gasteiger partial charge on any atom is 0.125 e. The van der Waals surface area contributed by atoms with Crippen LogP contribution in [0.2, 0.25) is 0 Å². The first-order valence-corrected chi connectivity index (χ1v) is 4.87. The maximum atomic E-state index is 13.0. The van der Waals surface area contributed by atoms with E-state index in [4.69, 9.17) is 0 Å². The van der Waals surface area contributed by atoms with E-state index >= 15 is 0 Å². The Morgan fingerprint density at radius 1 is 1.06 bits per heavy atom. The Labute approximate surface area is 91.0 Å². The van der Waals surface area contributed by atoms with Crippen LogP contribution in [0.15, 0.2) is 42.9 Å². The third kappa shape index (κ3) is 1.44. The van der Waals surface area contributed by atoms with Gasteiger partial charge in [-0.25, -0.2) is 4.39 Å². The van der Waals surface area contributed by atoms with Crippen molar-refractivity contribution in [3.63, 3.8) is 0 Å². The first kappa shape index (κ1) is 9.03. The fraction of sp³-hybridized carbons (Fsp3) is 0. The molecule has 2 aromatic heterocycles. The van der Waals surface area contributed by atoms with Crippen LogP contribution in [0, 0.1) is 5.82 Å². The van der Waals surface area contributed by atoms with E-state index in [-0.39, 0.29) is 5.82 Å². The normalized spacial score (nSPS) is 10.8. The molecule has 3 aromatic rings. The summed E-state index contributed by atoms with van der Waals surface area (Å²) in [7, 11) is 0. The van der Waals surface area contributed by atoms with E-state index in [0.29, 0.717) is 5.52 Å². The van der Waals surface area contributed by atoms with Crippen molar-refractivity contribution in [1.29, 1.82) is 0 Å². The first-order chi connectivity index (χ1) is 7.83. The van der Waals surface area contributed by atoms with Gasteiger partial charge in [0.05, 0.1) is 11.7 Å². The van der Waals surface area contributed by atoms with Crippen LogP contribution in [0.1, 0.15) is 0 Å². The molecular weight excluding hydrogens is 205 g/mol. The smallest absolute Gasteiger partial charge is 0.125 e. The highest BCUT2D eigenvalue weighted by Gasteiger charge is 2.02. The number of rotatable bonds is 1. The zero-order valence-electron chi connectivity index (χ0n) is 8.31. The summed E-state index contributed by atoms with van der Waals surface area (Å²) in [6.45, 7) is 0. The molecule has 0 fully saturated rings. The number of benzene rings is 1. The Kier molecular flexibility index (Phi) is 1.93. The SMILES string of the molecule is Fc1ccc2cc(-c3cn[nH]c3)cnc2c1. The lowest BCUT2D eigenvalue weighted by atomic mass is 10.1. The molecule has 0 atom stereocenters. The van der Waals surface area contributed by atoms with Crippen molar-refractivity contribution in [2.24, 2.45) is 0 Å². The zero-order valence-corrected chi connectivity index (χ0v) is 8.31. The van der Waals surface area contributed by atoms with Crippen molar-refractivity contribution in [2.75, 3.05) is 0 Å². The second kappa shape index (κ2) is 3.41. The van der Waals surface area contributed by atoms with Gasteiger partial charge in [0.25, 0.3) is 0 Å². The van der Waals surface area contributed by atoms with Gasteiger partial charge in [-0.1, -0.05) is 0 Å². The van der Waals surface area contributed by atoms with Gasteiger partial charge in [0, 0.05) is 35.0 Å². The third-order valence-electron chi connectivity index (χ3n) is 2.48. The molecule has 0 saturated carbocycles. The van der Waals surface area contributed by atoms with E-state index in [1.165, 1.54) is 12.1 Å². The van der Waals surface area contributed by atoms with Crippen LogP contribution in [0.3, 0.4) is 0 Å². The van der Waals surface area contributed by atoms with Gasteiger partial charge in [-0.05, 0) is 18.2 Å². The summed E-state index contributed by atoms with van der Waals surface area (Å²) in [5.41, 5.74) is 2.60. The number of nitrogens with zero attached hydrogens (tertiary/aromatic N) is 2. The molecular formula is C12H8FN3. The monoisotopic (exact) mass is 213 g/mol. The van der Waals surface area contributed by atoms with Crippen LogP contribution in [0.4, 0.5) is 4.39 Å². The number of hydrogen-bond acceptors (Lipinski definition) is 2. The summed E-state index contributed by atoms with van der Waals surface area (Å²) < 4.78 is 13.0. The predicted molar refractivity (Wildman–Crippen MR) is 59.3 cm³/mol. The summed E-state index contributed by atoms with van der Waals surface area (Å²) in [5.74, 6) is -0.268. The average molecular weight is 213 g/mol. The minimum Gasteiger partial charge on any atom is -0.285 e. The Morgan fingerprint density at radius 2 is 2.00 bits per heavy atom. The van der Waals surface area contributed by atoms with Gasteiger partial charge in [-0.15, -0.1) is 0 Å². The van der Waals surface area contributed by atoms with Crippen molar-refractivity contribution in [3.8, 4) is 11.1 Å². The zero-order chi connectivity index (χ0) is 11.0. The number of H-pyrrole nitrogens is 1. The molecule has 0 aliphatic carbocycles. The molecule has 0 bridgehead atoms. The molecule has 0 spiro atoms. The van der Waals surface area contributed by atoms with Crippen LogP contribution in [0.5, 0.6) is 0 Å². The lowest BCUT2D eigenvalue weighted by molar-refractivity contribution is 0.629. The minimum absolute atomic E-state index is 0.268. The molecule has 0 saturated heterocycles. The van der Waals surface area contributed by atoms with Gasteiger partial charge in [0.1, 0.15) is 5.82 Å². The molecule has 16 heavy (non-hydrogen) atoms. The molecule has 4 heteroatoms. The summed E-state index contributed by atoms with van der Waals surface area (Å²) in [4.78, 5) is 4.22. The molecule has 0 unspecified atom stereocenters. The highest BCUT2D eigenvalue weighted by molar-refractivity contribution is 5.83. The molecule has 1 aromatic carbocycles. The summed E-state index contributed by atoms with van der Waals surface area (Å²) in [5, 5.41) is 7.54. The molecule has 3 rings (SSSR count). The molecule has 0 aliphatic rings.